The van der Waals surface area contributed by atoms with Crippen LogP contribution in [0.4, 0.5) is 0 Å². The molecule has 6 nitrogen and oxygen atoms in total. The van der Waals surface area contributed by atoms with Gasteiger partial charge in [0.2, 0.25) is 5.91 Å². The molecule has 1 aromatic rings. The van der Waals surface area contributed by atoms with Gasteiger partial charge in [-0.15, -0.1) is 0 Å². The Morgan fingerprint density at radius 1 is 1.58 bits per heavy atom. The Balaban J connectivity index is 1.96. The normalized spacial score (nSPS) is 19.9. The number of aliphatic carboxylic acids is 1. The maximum absolute atomic E-state index is 11.9. The molecule has 0 bridgehead atoms. The third-order valence-electron chi connectivity index (χ3n) is 3.15. The van der Waals surface area contributed by atoms with Gasteiger partial charge in [0, 0.05) is 18.8 Å². The third kappa shape index (κ3) is 3.75. The maximum Gasteiger partial charge on any atom is 0.326 e. The zero-order valence-corrected chi connectivity index (χ0v) is 10.5. The van der Waals surface area contributed by atoms with Crippen LogP contribution in [0.25, 0.3) is 0 Å². The minimum absolute atomic E-state index is 0.238. The van der Waals surface area contributed by atoms with Crippen molar-refractivity contribution in [3.05, 3.63) is 30.1 Å². The Labute approximate surface area is 111 Å². The summed E-state index contributed by atoms with van der Waals surface area (Å²) < 4.78 is 0. The first-order chi connectivity index (χ1) is 9.16. The van der Waals surface area contributed by atoms with E-state index in [-0.39, 0.29) is 18.4 Å². The lowest BCUT2D eigenvalue weighted by Gasteiger charge is -2.17. The van der Waals surface area contributed by atoms with Gasteiger partial charge in [-0.1, -0.05) is 6.07 Å². The molecule has 0 spiro atoms. The average molecular weight is 263 g/mol. The van der Waals surface area contributed by atoms with E-state index in [1.807, 2.05) is 0 Å². The van der Waals surface area contributed by atoms with Crippen molar-refractivity contribution in [3.8, 4) is 0 Å². The molecule has 2 rings (SSSR count). The van der Waals surface area contributed by atoms with Crippen molar-refractivity contribution < 1.29 is 14.7 Å². The van der Waals surface area contributed by atoms with Crippen LogP contribution in [0.5, 0.6) is 0 Å². The second kappa shape index (κ2) is 6.29. The summed E-state index contributed by atoms with van der Waals surface area (Å²) in [4.78, 5) is 27.0. The lowest BCUT2D eigenvalue weighted by atomic mass is 10.1. The maximum atomic E-state index is 11.9. The van der Waals surface area contributed by atoms with E-state index >= 15 is 0 Å². The standard InChI is InChI=1S/C13H17N3O3/c17-12(10-4-2-6-15-10)16-11(13(18)19)7-9-3-1-5-14-8-9/h1,3,5,8,10-11,15H,2,4,6-7H2,(H,16,17)(H,18,19)/t10-,11-/m0/s1. The highest BCUT2D eigenvalue weighted by atomic mass is 16.4. The van der Waals surface area contributed by atoms with Gasteiger partial charge in [0.25, 0.3) is 0 Å². The van der Waals surface area contributed by atoms with E-state index in [4.69, 9.17) is 0 Å². The van der Waals surface area contributed by atoms with Gasteiger partial charge < -0.3 is 15.7 Å². The van der Waals surface area contributed by atoms with Crippen molar-refractivity contribution in [2.45, 2.75) is 31.3 Å². The summed E-state index contributed by atoms with van der Waals surface area (Å²) in [6.07, 6.45) is 5.17. The summed E-state index contributed by atoms with van der Waals surface area (Å²) in [5.74, 6) is -1.27. The van der Waals surface area contributed by atoms with Gasteiger partial charge in [-0.25, -0.2) is 4.79 Å². The van der Waals surface area contributed by atoms with Crippen LogP contribution in [0.1, 0.15) is 18.4 Å². The Bertz CT molecular complexity index is 444. The molecule has 1 aromatic heterocycles. The van der Waals surface area contributed by atoms with E-state index in [2.05, 4.69) is 15.6 Å². The molecule has 0 radical (unpaired) electrons. The molecule has 2 heterocycles. The predicted octanol–water partition coefficient (Wildman–Crippen LogP) is -0.0545. The first kappa shape index (κ1) is 13.5. The first-order valence-corrected chi connectivity index (χ1v) is 6.32. The van der Waals surface area contributed by atoms with Crippen molar-refractivity contribution in [2.75, 3.05) is 6.54 Å². The van der Waals surface area contributed by atoms with E-state index in [0.717, 1.165) is 24.9 Å². The van der Waals surface area contributed by atoms with Gasteiger partial charge in [-0.3, -0.25) is 9.78 Å². The molecule has 3 N–H and O–H groups in total. The van der Waals surface area contributed by atoms with Crippen molar-refractivity contribution in [1.82, 2.24) is 15.6 Å². The smallest absolute Gasteiger partial charge is 0.326 e. The Kier molecular flexibility index (Phi) is 4.46. The zero-order valence-electron chi connectivity index (χ0n) is 10.5. The van der Waals surface area contributed by atoms with E-state index in [0.29, 0.717) is 0 Å². The van der Waals surface area contributed by atoms with E-state index in [1.54, 1.807) is 24.5 Å². The van der Waals surface area contributed by atoms with Crippen LogP contribution in [0, 0.1) is 0 Å². The molecule has 2 atom stereocenters. The summed E-state index contributed by atoms with van der Waals surface area (Å²) in [7, 11) is 0. The number of rotatable bonds is 5. The minimum atomic E-state index is -1.03. The van der Waals surface area contributed by atoms with E-state index in [9.17, 15) is 14.7 Å². The van der Waals surface area contributed by atoms with Gasteiger partial charge in [0.15, 0.2) is 0 Å². The van der Waals surface area contributed by atoms with Crippen LogP contribution < -0.4 is 10.6 Å². The molecule has 0 aliphatic carbocycles. The van der Waals surface area contributed by atoms with Crippen LogP contribution in [0.15, 0.2) is 24.5 Å². The lowest BCUT2D eigenvalue weighted by Crippen LogP contribution is -2.49. The van der Waals surface area contributed by atoms with Gasteiger partial charge in [0.1, 0.15) is 6.04 Å². The first-order valence-electron chi connectivity index (χ1n) is 6.32. The van der Waals surface area contributed by atoms with E-state index < -0.39 is 12.0 Å². The highest BCUT2D eigenvalue weighted by molar-refractivity contribution is 5.87. The van der Waals surface area contributed by atoms with Crippen LogP contribution in [0.3, 0.4) is 0 Å². The van der Waals surface area contributed by atoms with Crippen LogP contribution in [-0.4, -0.2) is 40.6 Å². The molecule has 1 amide bonds. The van der Waals surface area contributed by atoms with Gasteiger partial charge >= 0.3 is 5.97 Å². The van der Waals surface area contributed by atoms with Crippen LogP contribution >= 0.6 is 0 Å². The topological polar surface area (TPSA) is 91.3 Å². The molecule has 19 heavy (non-hydrogen) atoms. The molecule has 102 valence electrons. The number of amides is 1. The number of hydrogen-bond acceptors (Lipinski definition) is 4. The number of hydrogen-bond donors (Lipinski definition) is 3. The Morgan fingerprint density at radius 3 is 3.00 bits per heavy atom. The van der Waals surface area contributed by atoms with Gasteiger partial charge in [-0.2, -0.15) is 0 Å². The molecule has 1 saturated heterocycles. The molecule has 0 aromatic carbocycles. The summed E-state index contributed by atoms with van der Waals surface area (Å²) in [6, 6.07) is 2.35. The number of carboxylic acids is 1. The number of carboxylic acid groups (broad SMARTS) is 1. The van der Waals surface area contributed by atoms with Gasteiger partial charge in [0.05, 0.1) is 6.04 Å². The molecule has 0 unspecified atom stereocenters. The Morgan fingerprint density at radius 2 is 2.42 bits per heavy atom. The number of carbonyl (C=O) groups is 2. The molecule has 0 saturated carbocycles. The van der Waals surface area contributed by atoms with Crippen LogP contribution in [-0.2, 0) is 16.0 Å². The van der Waals surface area contributed by atoms with Crippen molar-refractivity contribution >= 4 is 11.9 Å². The highest BCUT2D eigenvalue weighted by Crippen LogP contribution is 2.07. The summed E-state index contributed by atoms with van der Waals surface area (Å²) in [6.45, 7) is 0.804. The fourth-order valence-corrected chi connectivity index (χ4v) is 2.14. The van der Waals surface area contributed by atoms with Crippen molar-refractivity contribution in [2.24, 2.45) is 0 Å². The third-order valence-corrected chi connectivity index (χ3v) is 3.15. The number of aromatic nitrogens is 1. The predicted molar refractivity (Wildman–Crippen MR) is 68.5 cm³/mol. The minimum Gasteiger partial charge on any atom is -0.480 e. The molecule has 1 aliphatic heterocycles. The monoisotopic (exact) mass is 263 g/mol. The van der Waals surface area contributed by atoms with Crippen molar-refractivity contribution in [3.63, 3.8) is 0 Å². The zero-order chi connectivity index (χ0) is 13.7. The Hall–Kier alpha value is -1.95. The summed E-state index contributed by atoms with van der Waals surface area (Å²) in [5.41, 5.74) is 0.787. The van der Waals surface area contributed by atoms with Crippen molar-refractivity contribution in [1.29, 1.82) is 0 Å². The number of pyridine rings is 1. The number of nitrogens with one attached hydrogen (secondary N) is 2. The van der Waals surface area contributed by atoms with Crippen LogP contribution in [0.2, 0.25) is 0 Å². The summed E-state index contributed by atoms with van der Waals surface area (Å²) in [5, 5.41) is 14.8. The SMILES string of the molecule is O=C(O)[C@H](Cc1cccnc1)NC(=O)[C@@H]1CCCN1. The number of carbonyl (C=O) groups excluding carboxylic acids is 1. The second-order valence-corrected chi connectivity index (χ2v) is 4.61. The largest absolute Gasteiger partial charge is 0.480 e. The molecule has 1 aliphatic rings. The fourth-order valence-electron chi connectivity index (χ4n) is 2.14. The second-order valence-electron chi connectivity index (χ2n) is 4.61. The highest BCUT2D eigenvalue weighted by Gasteiger charge is 2.27. The lowest BCUT2D eigenvalue weighted by molar-refractivity contribution is -0.142. The molecular formula is C13H17N3O3. The van der Waals surface area contributed by atoms with E-state index in [1.165, 1.54) is 0 Å². The fraction of sp³-hybridized carbons (Fsp3) is 0.462. The van der Waals surface area contributed by atoms with Gasteiger partial charge in [-0.05, 0) is 31.0 Å². The molecular weight excluding hydrogens is 246 g/mol. The molecule has 1 fully saturated rings. The average Bonchev–Trinajstić information content (AvgIpc) is 2.93. The number of nitrogens with zero attached hydrogens (tertiary/aromatic N) is 1. The summed E-state index contributed by atoms with van der Waals surface area (Å²) >= 11 is 0. The molecule has 6 heteroatoms. The quantitative estimate of drug-likeness (QED) is 0.692.